The Kier molecular flexibility index (Phi) is 3.69. The molecule has 0 aromatic carbocycles. The van der Waals surface area contributed by atoms with Crippen LogP contribution in [0, 0.1) is 0 Å². The Morgan fingerprint density at radius 2 is 2.38 bits per heavy atom. The highest BCUT2D eigenvalue weighted by Gasteiger charge is 2.11. The van der Waals surface area contributed by atoms with Crippen LogP contribution < -0.4 is 5.73 Å². The van der Waals surface area contributed by atoms with E-state index in [1.165, 1.54) is 0 Å². The van der Waals surface area contributed by atoms with Gasteiger partial charge in [-0.1, -0.05) is 6.07 Å². The number of aromatic nitrogens is 2. The van der Waals surface area contributed by atoms with Gasteiger partial charge >= 0.3 is 0 Å². The minimum Gasteiger partial charge on any atom is -0.330 e. The summed E-state index contributed by atoms with van der Waals surface area (Å²) in [6.07, 6.45) is 2.67. The maximum Gasteiger partial charge on any atom is 0.109 e. The maximum atomic E-state index is 12.3. The smallest absolute Gasteiger partial charge is 0.109 e. The topological polar surface area (TPSA) is 43.8 Å². The standard InChI is InChI=1S/C11H14FN3S/c12-4-6-15-8-9(3-5-13)11(14-15)10-2-1-7-16-10/h1-2,7-8H,3-6,13H2. The number of nitrogens with zero attached hydrogens (tertiary/aromatic N) is 2. The fourth-order valence-corrected chi connectivity index (χ4v) is 2.37. The number of alkyl halides is 1. The normalized spacial score (nSPS) is 10.9. The molecule has 3 nitrogen and oxygen atoms in total. The predicted molar refractivity (Wildman–Crippen MR) is 64.3 cm³/mol. The van der Waals surface area contributed by atoms with Gasteiger partial charge in [0.1, 0.15) is 12.4 Å². The molecule has 2 N–H and O–H groups in total. The molecule has 0 amide bonds. The van der Waals surface area contributed by atoms with E-state index in [-0.39, 0.29) is 0 Å². The fraction of sp³-hybridized carbons (Fsp3) is 0.364. The van der Waals surface area contributed by atoms with Crippen molar-refractivity contribution < 1.29 is 4.39 Å². The molecule has 86 valence electrons. The molecule has 0 atom stereocenters. The van der Waals surface area contributed by atoms with Crippen LogP contribution in [0.1, 0.15) is 5.56 Å². The first-order chi connectivity index (χ1) is 7.85. The van der Waals surface area contributed by atoms with Crippen LogP contribution in [0.15, 0.2) is 23.7 Å². The van der Waals surface area contributed by atoms with E-state index in [1.54, 1.807) is 16.0 Å². The van der Waals surface area contributed by atoms with Crippen molar-refractivity contribution in [3.63, 3.8) is 0 Å². The summed E-state index contributed by atoms with van der Waals surface area (Å²) in [6, 6.07) is 4.01. The Bertz CT molecular complexity index is 436. The number of hydrogen-bond acceptors (Lipinski definition) is 3. The van der Waals surface area contributed by atoms with Crippen molar-refractivity contribution in [1.82, 2.24) is 9.78 Å². The van der Waals surface area contributed by atoms with Gasteiger partial charge in [0.25, 0.3) is 0 Å². The Balaban J connectivity index is 2.34. The number of aryl methyl sites for hydroxylation is 1. The molecule has 0 bridgehead atoms. The molecule has 0 fully saturated rings. The van der Waals surface area contributed by atoms with Gasteiger partial charge in [-0.25, -0.2) is 4.39 Å². The second-order valence-corrected chi connectivity index (χ2v) is 4.42. The van der Waals surface area contributed by atoms with Gasteiger partial charge in [0.2, 0.25) is 0 Å². The summed E-state index contributed by atoms with van der Waals surface area (Å²) in [5, 5.41) is 6.40. The van der Waals surface area contributed by atoms with Gasteiger partial charge in [-0.2, -0.15) is 5.10 Å². The lowest BCUT2D eigenvalue weighted by Crippen LogP contribution is -2.02. The predicted octanol–water partition coefficient (Wildman–Crippen LogP) is 2.08. The van der Waals surface area contributed by atoms with Crippen LogP contribution in [0.25, 0.3) is 10.6 Å². The molecule has 2 aromatic heterocycles. The highest BCUT2D eigenvalue weighted by Crippen LogP contribution is 2.26. The second kappa shape index (κ2) is 5.23. The molecule has 0 aliphatic heterocycles. The first-order valence-corrected chi connectivity index (χ1v) is 6.09. The third-order valence-electron chi connectivity index (χ3n) is 2.32. The summed E-state index contributed by atoms with van der Waals surface area (Å²) in [5.74, 6) is 0. The van der Waals surface area contributed by atoms with Gasteiger partial charge in [-0.05, 0) is 24.4 Å². The first-order valence-electron chi connectivity index (χ1n) is 5.21. The number of halogens is 1. The molecule has 0 radical (unpaired) electrons. The molecule has 0 spiro atoms. The molecule has 0 unspecified atom stereocenters. The first kappa shape index (κ1) is 11.3. The minimum atomic E-state index is -0.395. The zero-order valence-corrected chi connectivity index (χ0v) is 9.71. The number of thiophene rings is 1. The van der Waals surface area contributed by atoms with E-state index < -0.39 is 6.67 Å². The summed E-state index contributed by atoms with van der Waals surface area (Å²) >= 11 is 1.64. The van der Waals surface area contributed by atoms with Gasteiger partial charge in [0, 0.05) is 11.8 Å². The number of rotatable bonds is 5. The molecule has 2 heterocycles. The van der Waals surface area contributed by atoms with Crippen molar-refractivity contribution in [2.45, 2.75) is 13.0 Å². The Labute approximate surface area is 97.7 Å². The molecule has 0 saturated carbocycles. The molecule has 16 heavy (non-hydrogen) atoms. The van der Waals surface area contributed by atoms with Crippen LogP contribution in [0.2, 0.25) is 0 Å². The molecular formula is C11H14FN3S. The van der Waals surface area contributed by atoms with Gasteiger partial charge in [-0.3, -0.25) is 4.68 Å². The molecule has 0 aliphatic rings. The SMILES string of the molecule is NCCc1cn(CCF)nc1-c1cccs1. The van der Waals surface area contributed by atoms with E-state index in [9.17, 15) is 4.39 Å². The summed E-state index contributed by atoms with van der Waals surface area (Å²) in [6.45, 7) is 0.496. The van der Waals surface area contributed by atoms with Crippen LogP contribution in [0.4, 0.5) is 4.39 Å². The van der Waals surface area contributed by atoms with E-state index in [2.05, 4.69) is 5.10 Å². The number of hydrogen-bond donors (Lipinski definition) is 1. The average molecular weight is 239 g/mol. The lowest BCUT2D eigenvalue weighted by atomic mass is 10.1. The van der Waals surface area contributed by atoms with Crippen molar-refractivity contribution in [2.24, 2.45) is 5.73 Å². The van der Waals surface area contributed by atoms with Gasteiger partial charge in [0.15, 0.2) is 0 Å². The molecule has 2 rings (SSSR count). The molecule has 0 aliphatic carbocycles. The van der Waals surface area contributed by atoms with Crippen LogP contribution in [-0.4, -0.2) is 23.0 Å². The third kappa shape index (κ3) is 2.31. The highest BCUT2D eigenvalue weighted by molar-refractivity contribution is 7.13. The van der Waals surface area contributed by atoms with Crippen LogP contribution in [0.5, 0.6) is 0 Å². The summed E-state index contributed by atoms with van der Waals surface area (Å²) in [7, 11) is 0. The fourth-order valence-electron chi connectivity index (χ4n) is 1.62. The van der Waals surface area contributed by atoms with Crippen LogP contribution >= 0.6 is 11.3 Å². The van der Waals surface area contributed by atoms with Crippen LogP contribution in [-0.2, 0) is 13.0 Å². The Hall–Kier alpha value is -1.20. The zero-order valence-electron chi connectivity index (χ0n) is 8.90. The van der Waals surface area contributed by atoms with E-state index >= 15 is 0 Å². The minimum absolute atomic E-state index is 0.308. The van der Waals surface area contributed by atoms with Gasteiger partial charge in [0.05, 0.1) is 11.4 Å². The molecular weight excluding hydrogens is 225 g/mol. The average Bonchev–Trinajstić information content (AvgIpc) is 2.87. The molecule has 0 saturated heterocycles. The monoisotopic (exact) mass is 239 g/mol. The highest BCUT2D eigenvalue weighted by atomic mass is 32.1. The molecule has 2 aromatic rings. The van der Waals surface area contributed by atoms with Crippen molar-refractivity contribution in [2.75, 3.05) is 13.2 Å². The zero-order chi connectivity index (χ0) is 11.4. The van der Waals surface area contributed by atoms with Crippen molar-refractivity contribution in [1.29, 1.82) is 0 Å². The van der Waals surface area contributed by atoms with E-state index in [0.717, 1.165) is 22.6 Å². The summed E-state index contributed by atoms with van der Waals surface area (Å²) in [5.41, 5.74) is 7.59. The molecule has 5 heteroatoms. The van der Waals surface area contributed by atoms with E-state index in [0.29, 0.717) is 13.1 Å². The van der Waals surface area contributed by atoms with Crippen molar-refractivity contribution in [3.8, 4) is 10.6 Å². The quantitative estimate of drug-likeness (QED) is 0.868. The van der Waals surface area contributed by atoms with Gasteiger partial charge in [-0.15, -0.1) is 11.3 Å². The second-order valence-electron chi connectivity index (χ2n) is 3.47. The number of nitrogens with two attached hydrogens (primary N) is 1. The van der Waals surface area contributed by atoms with Crippen molar-refractivity contribution in [3.05, 3.63) is 29.3 Å². The maximum absolute atomic E-state index is 12.3. The summed E-state index contributed by atoms with van der Waals surface area (Å²) < 4.78 is 13.9. The van der Waals surface area contributed by atoms with E-state index in [1.807, 2.05) is 23.7 Å². The largest absolute Gasteiger partial charge is 0.330 e. The summed E-state index contributed by atoms with van der Waals surface area (Å²) in [4.78, 5) is 1.11. The van der Waals surface area contributed by atoms with Crippen molar-refractivity contribution >= 4 is 11.3 Å². The third-order valence-corrected chi connectivity index (χ3v) is 3.20. The Morgan fingerprint density at radius 1 is 1.50 bits per heavy atom. The van der Waals surface area contributed by atoms with Gasteiger partial charge < -0.3 is 5.73 Å². The lowest BCUT2D eigenvalue weighted by Gasteiger charge is -1.96. The van der Waals surface area contributed by atoms with E-state index in [4.69, 9.17) is 5.73 Å². The van der Waals surface area contributed by atoms with Crippen LogP contribution in [0.3, 0.4) is 0 Å². The lowest BCUT2D eigenvalue weighted by molar-refractivity contribution is 0.427. The Morgan fingerprint density at radius 3 is 3.00 bits per heavy atom.